The molecule has 2 aromatic rings. The molecule has 3 unspecified atom stereocenters. The Balaban J connectivity index is 1.42. The lowest BCUT2D eigenvalue weighted by atomic mass is 9.91. The van der Waals surface area contributed by atoms with E-state index in [2.05, 4.69) is 48.3 Å². The third-order valence-corrected chi connectivity index (χ3v) is 11.2. The summed E-state index contributed by atoms with van der Waals surface area (Å²) in [6, 6.07) is 12.0. The SMILES string of the molecule is CCN(CC)Cc1ccc(CC(NC(=O)CC(C2=COC=C(CC3=CC=CCC3)O2)N(c2ccc3c(c2)CCCC3)S(=O)O)C(=O)N(C)C(C)C)cc1. The second-order valence-electron chi connectivity index (χ2n) is 14.4. The van der Waals surface area contributed by atoms with Crippen LogP contribution in [-0.2, 0) is 56.1 Å². The van der Waals surface area contributed by atoms with Crippen molar-refractivity contribution in [2.45, 2.75) is 110 Å². The van der Waals surface area contributed by atoms with Crippen LogP contribution in [0.25, 0.3) is 0 Å². The van der Waals surface area contributed by atoms with E-state index in [9.17, 15) is 18.4 Å². The number of anilines is 1. The van der Waals surface area contributed by atoms with Gasteiger partial charge in [0.25, 0.3) is 11.3 Å². The fourth-order valence-electron chi connectivity index (χ4n) is 7.01. The van der Waals surface area contributed by atoms with E-state index in [0.29, 0.717) is 17.9 Å². The molecule has 0 saturated heterocycles. The Labute approximate surface area is 318 Å². The average molecular weight is 745 g/mol. The summed E-state index contributed by atoms with van der Waals surface area (Å²) in [5.41, 5.74) is 6.13. The fourth-order valence-corrected chi connectivity index (χ4v) is 7.70. The molecular weight excluding hydrogens is 689 g/mol. The van der Waals surface area contributed by atoms with Crippen molar-refractivity contribution in [3.63, 3.8) is 0 Å². The summed E-state index contributed by atoms with van der Waals surface area (Å²) >= 11 is -2.54. The highest BCUT2D eigenvalue weighted by molar-refractivity contribution is 7.80. The monoisotopic (exact) mass is 744 g/mol. The molecular formula is C42H56N4O6S. The zero-order chi connectivity index (χ0) is 37.9. The first-order chi connectivity index (χ1) is 25.6. The van der Waals surface area contributed by atoms with Gasteiger partial charge in [0.15, 0.2) is 5.76 Å². The number of fused-ring (bicyclic) bond motifs is 1. The first-order valence-corrected chi connectivity index (χ1v) is 20.1. The predicted octanol–water partition coefficient (Wildman–Crippen LogP) is 7.10. The maximum atomic E-state index is 14.2. The lowest BCUT2D eigenvalue weighted by Gasteiger charge is -2.33. The van der Waals surface area contributed by atoms with E-state index in [4.69, 9.17) is 9.47 Å². The van der Waals surface area contributed by atoms with Crippen LogP contribution >= 0.6 is 0 Å². The van der Waals surface area contributed by atoms with Crippen molar-refractivity contribution in [3.05, 3.63) is 113 Å². The fraction of sp³-hybridized carbons (Fsp3) is 0.476. The van der Waals surface area contributed by atoms with Gasteiger partial charge in [-0.1, -0.05) is 68.0 Å². The van der Waals surface area contributed by atoms with Gasteiger partial charge in [0.05, 0.1) is 12.1 Å². The van der Waals surface area contributed by atoms with Crippen LogP contribution in [0.1, 0.15) is 88.5 Å². The van der Waals surface area contributed by atoms with Gasteiger partial charge in [-0.25, -0.2) is 4.21 Å². The van der Waals surface area contributed by atoms with Gasteiger partial charge in [0.1, 0.15) is 30.4 Å². The van der Waals surface area contributed by atoms with Gasteiger partial charge in [-0.05, 0) is 99.8 Å². The lowest BCUT2D eigenvalue weighted by Crippen LogP contribution is -2.51. The normalized spacial score (nSPS) is 17.0. The van der Waals surface area contributed by atoms with E-state index in [1.165, 1.54) is 33.5 Å². The van der Waals surface area contributed by atoms with Crippen molar-refractivity contribution in [2.24, 2.45) is 0 Å². The number of aryl methyl sites for hydroxylation is 2. The van der Waals surface area contributed by atoms with Crippen LogP contribution in [0.15, 0.2) is 90.3 Å². The Morgan fingerprint density at radius 2 is 1.68 bits per heavy atom. The number of ether oxygens (including phenoxy) is 2. The van der Waals surface area contributed by atoms with Crippen molar-refractivity contribution >= 4 is 28.8 Å². The van der Waals surface area contributed by atoms with Crippen molar-refractivity contribution in [1.82, 2.24) is 15.1 Å². The minimum Gasteiger partial charge on any atom is -0.465 e. The topological polar surface area (TPSA) is 112 Å². The van der Waals surface area contributed by atoms with E-state index >= 15 is 0 Å². The summed E-state index contributed by atoms with van der Waals surface area (Å²) in [5, 5.41) is 3.01. The van der Waals surface area contributed by atoms with Gasteiger partial charge in [0, 0.05) is 32.5 Å². The van der Waals surface area contributed by atoms with E-state index in [0.717, 1.165) is 69.3 Å². The Morgan fingerprint density at radius 3 is 2.34 bits per heavy atom. The number of nitrogens with one attached hydrogen (secondary N) is 1. The average Bonchev–Trinajstić information content (AvgIpc) is 3.16. The molecule has 286 valence electrons. The van der Waals surface area contributed by atoms with Crippen molar-refractivity contribution in [2.75, 3.05) is 24.4 Å². The number of amides is 2. The van der Waals surface area contributed by atoms with Crippen LogP contribution in [0.4, 0.5) is 5.69 Å². The minimum absolute atomic E-state index is 0.0830. The van der Waals surface area contributed by atoms with Gasteiger partial charge in [-0.15, -0.1) is 0 Å². The van der Waals surface area contributed by atoms with Crippen LogP contribution in [0, 0.1) is 0 Å². The third-order valence-electron chi connectivity index (χ3n) is 10.4. The maximum Gasteiger partial charge on any atom is 0.262 e. The molecule has 11 heteroatoms. The molecule has 0 fully saturated rings. The number of hydrogen-bond acceptors (Lipinski definition) is 6. The molecule has 10 nitrogen and oxygen atoms in total. The molecule has 53 heavy (non-hydrogen) atoms. The number of likely N-dealkylation sites (N-methyl/N-ethyl adjacent to an activating group) is 1. The summed E-state index contributed by atoms with van der Waals surface area (Å²) in [6.45, 7) is 10.9. The van der Waals surface area contributed by atoms with Gasteiger partial charge in [0.2, 0.25) is 11.8 Å². The second kappa shape index (κ2) is 19.2. The molecule has 2 aliphatic carbocycles. The highest BCUT2D eigenvalue weighted by Gasteiger charge is 2.35. The van der Waals surface area contributed by atoms with Crippen molar-refractivity contribution < 1.29 is 27.8 Å². The van der Waals surface area contributed by atoms with Crippen LogP contribution in [0.3, 0.4) is 0 Å². The maximum absolute atomic E-state index is 14.2. The minimum atomic E-state index is -2.54. The molecule has 2 N–H and O–H groups in total. The van der Waals surface area contributed by atoms with Gasteiger partial charge < -0.3 is 19.7 Å². The molecule has 1 heterocycles. The zero-order valence-corrected chi connectivity index (χ0v) is 32.7. The highest BCUT2D eigenvalue weighted by Crippen LogP contribution is 2.33. The molecule has 2 amide bonds. The number of carbonyl (C=O) groups is 2. The molecule has 0 saturated carbocycles. The predicted molar refractivity (Wildman–Crippen MR) is 211 cm³/mol. The molecule has 0 aromatic heterocycles. The number of rotatable bonds is 17. The number of allylic oxidation sites excluding steroid dienone is 4. The summed E-state index contributed by atoms with van der Waals surface area (Å²) in [6.07, 6.45) is 15.5. The number of benzene rings is 2. The highest BCUT2D eigenvalue weighted by atomic mass is 32.2. The summed E-state index contributed by atoms with van der Waals surface area (Å²) in [5.74, 6) is 0.0963. The molecule has 0 radical (unpaired) electrons. The summed E-state index contributed by atoms with van der Waals surface area (Å²) < 4.78 is 37.6. The number of hydrogen-bond donors (Lipinski definition) is 2. The largest absolute Gasteiger partial charge is 0.465 e. The zero-order valence-electron chi connectivity index (χ0n) is 31.9. The Hall–Kier alpha value is -4.19. The Kier molecular flexibility index (Phi) is 14.5. The molecule has 0 bridgehead atoms. The molecule has 5 rings (SSSR count). The van der Waals surface area contributed by atoms with Crippen molar-refractivity contribution in [1.29, 1.82) is 0 Å². The first kappa shape index (κ1) is 40.0. The van der Waals surface area contributed by atoms with E-state index < -0.39 is 29.3 Å². The molecule has 2 aromatic carbocycles. The van der Waals surface area contributed by atoms with Crippen molar-refractivity contribution in [3.8, 4) is 0 Å². The second-order valence-corrected chi connectivity index (χ2v) is 15.2. The molecule has 0 spiro atoms. The van der Waals surface area contributed by atoms with E-state index in [1.54, 1.807) is 11.9 Å². The van der Waals surface area contributed by atoms with Gasteiger partial charge >= 0.3 is 0 Å². The van der Waals surface area contributed by atoms with Crippen LogP contribution in [0.2, 0.25) is 0 Å². The molecule has 3 aliphatic rings. The van der Waals surface area contributed by atoms with Crippen LogP contribution in [-0.4, -0.2) is 68.6 Å². The molecule has 3 atom stereocenters. The molecule has 1 aliphatic heterocycles. The summed E-state index contributed by atoms with van der Waals surface area (Å²) in [7, 11) is 1.73. The summed E-state index contributed by atoms with van der Waals surface area (Å²) in [4.78, 5) is 32.0. The van der Waals surface area contributed by atoms with Crippen LogP contribution < -0.4 is 9.62 Å². The number of carbonyl (C=O) groups excluding carboxylic acids is 2. The van der Waals surface area contributed by atoms with Crippen LogP contribution in [0.5, 0.6) is 0 Å². The standard InChI is InChI=1S/C42H56N4O6S/c1-6-45(7-2)27-33-19-17-32(18-20-33)24-38(42(48)44(5)30(3)4)43-41(47)26-39(40-29-51-28-37(52-40)23-31-13-9-8-10-14-31)46(53(49)50)36-22-21-34-15-11-12-16-35(34)25-36/h8-9,13,17-22,25,28-30,38-39H,6-7,10-12,14-16,23-24,26-27H2,1-5H3,(H,43,47)(H,49,50). The van der Waals surface area contributed by atoms with Gasteiger partial charge in [-0.2, -0.15) is 0 Å². The third kappa shape index (κ3) is 10.9. The first-order valence-electron chi connectivity index (χ1n) is 19.0. The van der Waals surface area contributed by atoms with E-state index in [-0.39, 0.29) is 30.5 Å². The Bertz CT molecular complexity index is 1730. The smallest absolute Gasteiger partial charge is 0.262 e. The van der Waals surface area contributed by atoms with E-state index in [1.807, 2.05) is 50.3 Å². The Morgan fingerprint density at radius 1 is 0.962 bits per heavy atom. The lowest BCUT2D eigenvalue weighted by molar-refractivity contribution is -0.136. The quantitative estimate of drug-likeness (QED) is 0.166. The van der Waals surface area contributed by atoms with Gasteiger partial charge in [-0.3, -0.25) is 23.3 Å². The number of nitrogens with zero attached hydrogens (tertiary/aromatic N) is 3.